The maximum Gasteiger partial charge on any atom is 0.296 e. The number of aliphatic hydroxyl groups is 1. The molecule has 1 N–H and O–H groups in total. The molecule has 182 valence electrons. The zero-order valence-corrected chi connectivity index (χ0v) is 20.9. The SMILES string of the molecule is COc1cccc2cc(C(=O)C3=C(O)C(=O)N(c4nc(C)c(C(C)=O)s4)C3c3ccc(Cl)cc3)oc12. The van der Waals surface area contributed by atoms with Crippen molar-refractivity contribution in [3.63, 3.8) is 0 Å². The molecule has 2 aromatic carbocycles. The summed E-state index contributed by atoms with van der Waals surface area (Å²) in [6.45, 7) is 3.07. The van der Waals surface area contributed by atoms with E-state index in [9.17, 15) is 19.5 Å². The molecule has 1 aliphatic rings. The van der Waals surface area contributed by atoms with Gasteiger partial charge < -0.3 is 14.3 Å². The molecule has 4 aromatic rings. The lowest BCUT2D eigenvalue weighted by atomic mass is 9.95. The first-order valence-electron chi connectivity index (χ1n) is 10.8. The first kappa shape index (κ1) is 23.8. The fourth-order valence-electron chi connectivity index (χ4n) is 4.25. The lowest BCUT2D eigenvalue weighted by molar-refractivity contribution is -0.117. The Morgan fingerprint density at radius 1 is 1.19 bits per heavy atom. The van der Waals surface area contributed by atoms with Gasteiger partial charge in [-0.2, -0.15) is 0 Å². The Morgan fingerprint density at radius 3 is 2.56 bits per heavy atom. The van der Waals surface area contributed by atoms with Crippen LogP contribution in [0.2, 0.25) is 5.02 Å². The maximum absolute atomic E-state index is 13.8. The van der Waals surface area contributed by atoms with Gasteiger partial charge in [-0.1, -0.05) is 47.2 Å². The van der Waals surface area contributed by atoms with Crippen LogP contribution in [0.3, 0.4) is 0 Å². The first-order valence-corrected chi connectivity index (χ1v) is 12.0. The van der Waals surface area contributed by atoms with E-state index in [2.05, 4.69) is 4.98 Å². The summed E-state index contributed by atoms with van der Waals surface area (Å²) in [5, 5.41) is 12.2. The van der Waals surface area contributed by atoms with Crippen LogP contribution in [0.4, 0.5) is 5.13 Å². The Bertz CT molecular complexity index is 1580. The second-order valence-electron chi connectivity index (χ2n) is 8.18. The van der Waals surface area contributed by atoms with Crippen LogP contribution in [0.5, 0.6) is 5.75 Å². The quantitative estimate of drug-likeness (QED) is 0.316. The number of ether oxygens (including phenoxy) is 1. The standard InChI is InChI=1S/C26H19ClN2O6S/c1-12-24(13(2)30)36-26(28-12)29-20(14-7-9-16(27)10-8-14)19(22(32)25(29)33)21(31)18-11-15-5-4-6-17(34-3)23(15)35-18/h4-11,20,32H,1-3H3. The number of nitrogens with zero attached hydrogens (tertiary/aromatic N) is 2. The number of aromatic nitrogens is 1. The van der Waals surface area contributed by atoms with Crippen molar-refractivity contribution in [2.45, 2.75) is 19.9 Å². The van der Waals surface area contributed by atoms with Crippen LogP contribution in [-0.2, 0) is 4.79 Å². The van der Waals surface area contributed by atoms with Gasteiger partial charge in [0.1, 0.15) is 0 Å². The van der Waals surface area contributed by atoms with Gasteiger partial charge in [0.05, 0.1) is 29.3 Å². The van der Waals surface area contributed by atoms with E-state index < -0.39 is 23.5 Å². The van der Waals surface area contributed by atoms with Crippen molar-refractivity contribution >= 4 is 56.5 Å². The van der Waals surface area contributed by atoms with Crippen molar-refractivity contribution in [2.75, 3.05) is 12.0 Å². The minimum Gasteiger partial charge on any atom is -0.503 e. The Kier molecular flexibility index (Phi) is 5.89. The fraction of sp³-hybridized carbons (Fsp3) is 0.154. The number of carbonyl (C=O) groups excluding carboxylic acids is 3. The average Bonchev–Trinajstić information content (AvgIpc) is 3.53. The van der Waals surface area contributed by atoms with E-state index in [1.807, 2.05) is 0 Å². The van der Waals surface area contributed by atoms with Gasteiger partial charge in [0.25, 0.3) is 5.91 Å². The highest BCUT2D eigenvalue weighted by atomic mass is 35.5. The van der Waals surface area contributed by atoms with Crippen LogP contribution in [0.15, 0.2) is 64.3 Å². The number of benzene rings is 2. The van der Waals surface area contributed by atoms with Gasteiger partial charge in [0.2, 0.25) is 5.78 Å². The summed E-state index contributed by atoms with van der Waals surface area (Å²) in [4.78, 5) is 45.1. The molecule has 0 radical (unpaired) electrons. The third-order valence-electron chi connectivity index (χ3n) is 5.90. The van der Waals surface area contributed by atoms with E-state index in [0.29, 0.717) is 37.9 Å². The van der Waals surface area contributed by atoms with E-state index in [1.165, 1.54) is 25.0 Å². The van der Waals surface area contributed by atoms with Gasteiger partial charge >= 0.3 is 0 Å². The summed E-state index contributed by atoms with van der Waals surface area (Å²) >= 11 is 7.09. The van der Waals surface area contributed by atoms with Gasteiger partial charge in [0, 0.05) is 17.3 Å². The second kappa shape index (κ2) is 8.92. The normalized spacial score (nSPS) is 15.7. The lowest BCUT2D eigenvalue weighted by Crippen LogP contribution is -2.31. The predicted octanol–water partition coefficient (Wildman–Crippen LogP) is 5.85. The highest BCUT2D eigenvalue weighted by molar-refractivity contribution is 7.17. The fourth-order valence-corrected chi connectivity index (χ4v) is 5.36. The minimum atomic E-state index is -1.03. The van der Waals surface area contributed by atoms with Crippen LogP contribution in [0.25, 0.3) is 11.0 Å². The number of anilines is 1. The molecule has 0 fully saturated rings. The third kappa shape index (κ3) is 3.77. The summed E-state index contributed by atoms with van der Waals surface area (Å²) in [7, 11) is 1.49. The molecular weight excluding hydrogens is 504 g/mol. The number of methoxy groups -OCH3 is 1. The molecule has 5 rings (SSSR count). The summed E-state index contributed by atoms with van der Waals surface area (Å²) in [6, 6.07) is 12.3. The number of hydrogen-bond donors (Lipinski definition) is 1. The molecule has 3 heterocycles. The number of carbonyl (C=O) groups is 3. The van der Waals surface area contributed by atoms with Crippen molar-refractivity contribution < 1.29 is 28.6 Å². The van der Waals surface area contributed by atoms with E-state index in [4.69, 9.17) is 20.8 Å². The number of ketones is 2. The van der Waals surface area contributed by atoms with E-state index in [-0.39, 0.29) is 22.2 Å². The summed E-state index contributed by atoms with van der Waals surface area (Å²) in [5.41, 5.74) is 1.17. The molecule has 1 atom stereocenters. The number of halogens is 1. The highest BCUT2D eigenvalue weighted by Crippen LogP contribution is 2.44. The molecule has 0 spiro atoms. The number of aliphatic hydroxyl groups excluding tert-OH is 1. The van der Waals surface area contributed by atoms with Gasteiger partial charge in [-0.05, 0) is 36.8 Å². The number of amides is 1. The van der Waals surface area contributed by atoms with Crippen molar-refractivity contribution in [2.24, 2.45) is 0 Å². The molecule has 2 aromatic heterocycles. The lowest BCUT2D eigenvalue weighted by Gasteiger charge is -2.24. The van der Waals surface area contributed by atoms with Gasteiger partial charge in [-0.25, -0.2) is 4.98 Å². The second-order valence-corrected chi connectivity index (χ2v) is 9.59. The molecule has 1 aliphatic heterocycles. The number of Topliss-reactive ketones (excluding diaryl/α,β-unsaturated/α-hetero) is 2. The van der Waals surface area contributed by atoms with Crippen molar-refractivity contribution in [1.82, 2.24) is 4.98 Å². The maximum atomic E-state index is 13.8. The van der Waals surface area contributed by atoms with Crippen molar-refractivity contribution in [3.05, 3.63) is 86.8 Å². The smallest absolute Gasteiger partial charge is 0.296 e. The van der Waals surface area contributed by atoms with Crippen LogP contribution < -0.4 is 9.64 Å². The van der Waals surface area contributed by atoms with Crippen LogP contribution >= 0.6 is 22.9 Å². The Morgan fingerprint density at radius 2 is 1.92 bits per heavy atom. The van der Waals surface area contributed by atoms with Gasteiger partial charge in [-0.3, -0.25) is 19.3 Å². The first-order chi connectivity index (χ1) is 17.2. The summed E-state index contributed by atoms with van der Waals surface area (Å²) in [5.74, 6) is -2.01. The molecule has 1 unspecified atom stereocenters. The largest absolute Gasteiger partial charge is 0.503 e. The van der Waals surface area contributed by atoms with Crippen LogP contribution in [0, 0.1) is 6.92 Å². The minimum absolute atomic E-state index is 0.0654. The van der Waals surface area contributed by atoms with Gasteiger partial charge in [0.15, 0.2) is 33.8 Å². The number of rotatable bonds is 6. The Hall–Kier alpha value is -3.95. The number of hydrogen-bond acceptors (Lipinski definition) is 8. The summed E-state index contributed by atoms with van der Waals surface area (Å²) in [6.07, 6.45) is 0. The number of fused-ring (bicyclic) bond motifs is 1. The number of furan rings is 1. The number of para-hydroxylation sites is 1. The predicted molar refractivity (Wildman–Crippen MR) is 135 cm³/mol. The number of aryl methyl sites for hydroxylation is 1. The summed E-state index contributed by atoms with van der Waals surface area (Å²) < 4.78 is 11.1. The molecule has 0 bridgehead atoms. The van der Waals surface area contributed by atoms with E-state index in [1.54, 1.807) is 49.4 Å². The van der Waals surface area contributed by atoms with Crippen LogP contribution in [-0.4, -0.2) is 34.7 Å². The monoisotopic (exact) mass is 522 g/mol. The topological polar surface area (TPSA) is 110 Å². The molecule has 0 aliphatic carbocycles. The molecule has 1 amide bonds. The molecular formula is C26H19ClN2O6S. The van der Waals surface area contributed by atoms with E-state index in [0.717, 1.165) is 11.3 Å². The zero-order valence-electron chi connectivity index (χ0n) is 19.4. The Labute approximate surface area is 214 Å². The van der Waals surface area contributed by atoms with Crippen molar-refractivity contribution in [3.8, 4) is 5.75 Å². The van der Waals surface area contributed by atoms with Crippen LogP contribution in [0.1, 0.15) is 44.4 Å². The molecule has 0 saturated carbocycles. The third-order valence-corrected chi connectivity index (χ3v) is 7.41. The van der Waals surface area contributed by atoms with Gasteiger partial charge in [-0.15, -0.1) is 0 Å². The molecule has 36 heavy (non-hydrogen) atoms. The van der Waals surface area contributed by atoms with E-state index >= 15 is 0 Å². The zero-order chi connectivity index (χ0) is 25.7. The molecule has 10 heteroatoms. The number of thiazole rings is 1. The molecule has 0 saturated heterocycles. The Balaban J connectivity index is 1.66. The average molecular weight is 523 g/mol. The molecule has 8 nitrogen and oxygen atoms in total. The van der Waals surface area contributed by atoms with Crippen molar-refractivity contribution in [1.29, 1.82) is 0 Å². The highest BCUT2D eigenvalue weighted by Gasteiger charge is 2.46.